The maximum absolute atomic E-state index is 13.6. The van der Waals surface area contributed by atoms with Crippen LogP contribution in [-0.2, 0) is 16.1 Å². The average Bonchev–Trinajstić information content (AvgIpc) is 3.05. The van der Waals surface area contributed by atoms with Crippen molar-refractivity contribution in [3.63, 3.8) is 0 Å². The van der Waals surface area contributed by atoms with Gasteiger partial charge in [0.15, 0.2) is 11.5 Å². The molecule has 2 aromatic rings. The van der Waals surface area contributed by atoms with Crippen LogP contribution in [0.15, 0.2) is 48.2 Å². The van der Waals surface area contributed by atoms with Gasteiger partial charge >= 0.3 is 0 Å². The summed E-state index contributed by atoms with van der Waals surface area (Å²) in [4.78, 5) is 32.7. The minimum absolute atomic E-state index is 0.171. The van der Waals surface area contributed by atoms with Gasteiger partial charge in [-0.25, -0.2) is 0 Å². The van der Waals surface area contributed by atoms with E-state index in [1.165, 1.54) is 4.90 Å². The monoisotopic (exact) mass is 435 g/mol. The van der Waals surface area contributed by atoms with Crippen molar-refractivity contribution < 1.29 is 19.1 Å². The molecule has 2 amide bonds. The minimum atomic E-state index is -0.262. The second-order valence-corrected chi connectivity index (χ2v) is 8.27. The van der Waals surface area contributed by atoms with Crippen LogP contribution in [0.5, 0.6) is 11.5 Å². The number of methoxy groups -OCH3 is 2. The van der Waals surface area contributed by atoms with Gasteiger partial charge in [0.25, 0.3) is 11.8 Å². The summed E-state index contributed by atoms with van der Waals surface area (Å²) >= 11 is 0. The van der Waals surface area contributed by atoms with Crippen molar-refractivity contribution in [2.75, 3.05) is 47.4 Å². The van der Waals surface area contributed by atoms with Crippen LogP contribution < -0.4 is 9.47 Å². The number of hydrogen-bond donors (Lipinski definition) is 0. The molecule has 7 nitrogen and oxygen atoms in total. The molecule has 1 fully saturated rings. The van der Waals surface area contributed by atoms with Gasteiger partial charge in [-0.1, -0.05) is 35.9 Å². The van der Waals surface area contributed by atoms with E-state index in [0.717, 1.165) is 29.8 Å². The zero-order chi connectivity index (χ0) is 22.8. The third-order valence-electron chi connectivity index (χ3n) is 6.09. The van der Waals surface area contributed by atoms with Crippen molar-refractivity contribution in [1.29, 1.82) is 0 Å². The molecule has 2 heterocycles. The molecule has 2 aromatic carbocycles. The van der Waals surface area contributed by atoms with E-state index in [0.29, 0.717) is 35.9 Å². The Kier molecular flexibility index (Phi) is 6.19. The first-order valence-corrected chi connectivity index (χ1v) is 10.7. The maximum Gasteiger partial charge on any atom is 0.278 e. The fraction of sp³-hybridized carbons (Fsp3) is 0.360. The predicted molar refractivity (Wildman–Crippen MR) is 122 cm³/mol. The Labute approximate surface area is 188 Å². The normalized spacial score (nSPS) is 17.4. The molecular formula is C25H29N3O4. The van der Waals surface area contributed by atoms with Crippen molar-refractivity contribution in [2.45, 2.75) is 13.5 Å². The number of ether oxygens (including phenoxy) is 2. The number of carbonyl (C=O) groups is 2. The molecule has 0 spiro atoms. The van der Waals surface area contributed by atoms with Crippen LogP contribution >= 0.6 is 0 Å². The van der Waals surface area contributed by atoms with Gasteiger partial charge < -0.3 is 19.3 Å². The first-order chi connectivity index (χ1) is 15.4. The van der Waals surface area contributed by atoms with E-state index in [1.54, 1.807) is 26.4 Å². The molecule has 0 radical (unpaired) electrons. The van der Waals surface area contributed by atoms with Gasteiger partial charge in [0.05, 0.1) is 26.3 Å². The number of nitrogens with zero attached hydrogens (tertiary/aromatic N) is 3. The summed E-state index contributed by atoms with van der Waals surface area (Å²) in [6.45, 7) is 5.30. The summed E-state index contributed by atoms with van der Waals surface area (Å²) in [6, 6.07) is 13.2. The molecular weight excluding hydrogens is 406 g/mol. The number of amides is 2. The topological polar surface area (TPSA) is 62.3 Å². The van der Waals surface area contributed by atoms with E-state index in [9.17, 15) is 9.59 Å². The Morgan fingerprint density at radius 2 is 1.50 bits per heavy atom. The van der Waals surface area contributed by atoms with Crippen LogP contribution in [0.1, 0.15) is 16.7 Å². The van der Waals surface area contributed by atoms with Gasteiger partial charge in [-0.15, -0.1) is 0 Å². The third-order valence-corrected chi connectivity index (χ3v) is 6.09. The Morgan fingerprint density at radius 3 is 2.12 bits per heavy atom. The molecule has 168 valence electrons. The lowest BCUT2D eigenvalue weighted by molar-refractivity contribution is -0.138. The smallest absolute Gasteiger partial charge is 0.278 e. The highest BCUT2D eigenvalue weighted by Gasteiger charge is 2.42. The molecule has 0 aliphatic carbocycles. The zero-order valence-corrected chi connectivity index (χ0v) is 19.1. The van der Waals surface area contributed by atoms with Crippen LogP contribution in [0, 0.1) is 6.92 Å². The summed E-state index contributed by atoms with van der Waals surface area (Å²) in [7, 11) is 5.21. The molecule has 0 atom stereocenters. The number of piperazine rings is 1. The highest BCUT2D eigenvalue weighted by atomic mass is 16.5. The van der Waals surface area contributed by atoms with Crippen molar-refractivity contribution >= 4 is 17.4 Å². The zero-order valence-electron chi connectivity index (χ0n) is 19.1. The van der Waals surface area contributed by atoms with Crippen LogP contribution in [0.2, 0.25) is 0 Å². The lowest BCUT2D eigenvalue weighted by Crippen LogP contribution is -2.46. The molecule has 32 heavy (non-hydrogen) atoms. The van der Waals surface area contributed by atoms with Crippen molar-refractivity contribution in [3.8, 4) is 11.5 Å². The van der Waals surface area contributed by atoms with Crippen LogP contribution in [-0.4, -0.2) is 74.0 Å². The summed E-state index contributed by atoms with van der Waals surface area (Å²) in [6.07, 6.45) is 0. The largest absolute Gasteiger partial charge is 0.493 e. The molecule has 0 unspecified atom stereocenters. The van der Waals surface area contributed by atoms with Gasteiger partial charge in [0.1, 0.15) is 5.70 Å². The Balaban J connectivity index is 1.69. The summed E-state index contributed by atoms with van der Waals surface area (Å²) in [5.74, 6) is 0.662. The van der Waals surface area contributed by atoms with Crippen LogP contribution in [0.25, 0.3) is 5.57 Å². The molecule has 4 rings (SSSR count). The number of aryl methyl sites for hydroxylation is 1. The number of likely N-dealkylation sites (N-methyl/N-ethyl adjacent to an activating group) is 1. The molecule has 0 bridgehead atoms. The van der Waals surface area contributed by atoms with Gasteiger partial charge in [0.2, 0.25) is 0 Å². The highest BCUT2D eigenvalue weighted by molar-refractivity contribution is 6.35. The Bertz CT molecular complexity index is 1050. The molecule has 0 aromatic heterocycles. The Morgan fingerprint density at radius 1 is 0.844 bits per heavy atom. The molecule has 2 aliphatic heterocycles. The van der Waals surface area contributed by atoms with Gasteiger partial charge in [-0.2, -0.15) is 0 Å². The highest BCUT2D eigenvalue weighted by Crippen LogP contribution is 2.34. The minimum Gasteiger partial charge on any atom is -0.493 e. The van der Waals surface area contributed by atoms with E-state index in [4.69, 9.17) is 9.47 Å². The summed E-state index contributed by atoms with van der Waals surface area (Å²) < 4.78 is 10.7. The van der Waals surface area contributed by atoms with Crippen molar-refractivity contribution in [3.05, 3.63) is 64.9 Å². The molecule has 2 aliphatic rings. The SMILES string of the molecule is COc1ccc(CN2C(=O)C(c3ccc(C)cc3)=C(N3CCN(C)CC3)C2=O)cc1OC. The lowest BCUT2D eigenvalue weighted by Gasteiger charge is -2.34. The second-order valence-electron chi connectivity index (χ2n) is 8.27. The van der Waals surface area contributed by atoms with Gasteiger partial charge in [-0.3, -0.25) is 14.5 Å². The molecule has 7 heteroatoms. The number of benzene rings is 2. The number of hydrogen-bond acceptors (Lipinski definition) is 6. The van der Waals surface area contributed by atoms with Gasteiger partial charge in [-0.05, 0) is 37.2 Å². The Hall–Kier alpha value is -3.32. The van der Waals surface area contributed by atoms with E-state index < -0.39 is 0 Å². The van der Waals surface area contributed by atoms with Gasteiger partial charge in [0, 0.05) is 26.2 Å². The fourth-order valence-corrected chi connectivity index (χ4v) is 4.17. The molecule has 0 saturated carbocycles. The summed E-state index contributed by atoms with van der Waals surface area (Å²) in [5.41, 5.74) is 3.67. The first kappa shape index (κ1) is 21.9. The quantitative estimate of drug-likeness (QED) is 0.650. The summed E-state index contributed by atoms with van der Waals surface area (Å²) in [5, 5.41) is 0. The van der Waals surface area contributed by atoms with E-state index in [2.05, 4.69) is 16.8 Å². The lowest BCUT2D eigenvalue weighted by atomic mass is 10.0. The standard InChI is InChI=1S/C25H29N3O4/c1-17-5-8-19(9-6-17)22-23(27-13-11-26(2)12-14-27)25(30)28(24(22)29)16-18-7-10-20(31-3)21(15-18)32-4/h5-10,15H,11-14,16H2,1-4H3. The van der Waals surface area contributed by atoms with Crippen molar-refractivity contribution in [2.24, 2.45) is 0 Å². The average molecular weight is 436 g/mol. The van der Waals surface area contributed by atoms with E-state index in [-0.39, 0.29) is 18.4 Å². The third kappa shape index (κ3) is 4.08. The molecule has 0 N–H and O–H groups in total. The number of imide groups is 1. The number of rotatable bonds is 6. The maximum atomic E-state index is 13.6. The van der Waals surface area contributed by atoms with Crippen LogP contribution in [0.4, 0.5) is 0 Å². The number of carbonyl (C=O) groups excluding carboxylic acids is 2. The second kappa shape index (κ2) is 9.04. The first-order valence-electron chi connectivity index (χ1n) is 10.7. The van der Waals surface area contributed by atoms with Crippen molar-refractivity contribution in [1.82, 2.24) is 14.7 Å². The van der Waals surface area contributed by atoms with E-state index >= 15 is 0 Å². The van der Waals surface area contributed by atoms with Crippen LogP contribution in [0.3, 0.4) is 0 Å². The van der Waals surface area contributed by atoms with E-state index in [1.807, 2.05) is 37.3 Å². The fourth-order valence-electron chi connectivity index (χ4n) is 4.17. The molecule has 1 saturated heterocycles. The predicted octanol–water partition coefficient (Wildman–Crippen LogP) is 2.54.